The molecule has 3 N–H and O–H groups in total. The van der Waals surface area contributed by atoms with Crippen LogP contribution < -0.4 is 5.32 Å². The Morgan fingerprint density at radius 1 is 0.800 bits per heavy atom. The Bertz CT molecular complexity index is 496. The fourth-order valence-corrected chi connectivity index (χ4v) is 2.12. The SMILES string of the molecule is OCc1ccc(CNC(CO)Cc2ccccc2)cc1. The van der Waals surface area contributed by atoms with Gasteiger partial charge in [-0.2, -0.15) is 0 Å². The summed E-state index contributed by atoms with van der Waals surface area (Å²) in [7, 11) is 0. The van der Waals surface area contributed by atoms with Crippen molar-refractivity contribution in [1.82, 2.24) is 5.32 Å². The van der Waals surface area contributed by atoms with E-state index < -0.39 is 0 Å². The third-order valence-electron chi connectivity index (χ3n) is 3.35. The molecule has 0 radical (unpaired) electrons. The maximum atomic E-state index is 9.45. The van der Waals surface area contributed by atoms with Crippen LogP contribution in [-0.2, 0) is 19.6 Å². The lowest BCUT2D eigenvalue weighted by Gasteiger charge is -2.16. The van der Waals surface area contributed by atoms with E-state index in [1.54, 1.807) is 0 Å². The molecule has 0 aliphatic rings. The van der Waals surface area contributed by atoms with Crippen LogP contribution in [0.2, 0.25) is 0 Å². The minimum absolute atomic E-state index is 0.0509. The van der Waals surface area contributed by atoms with Gasteiger partial charge in [0.1, 0.15) is 0 Å². The van der Waals surface area contributed by atoms with Gasteiger partial charge in [0.15, 0.2) is 0 Å². The zero-order valence-corrected chi connectivity index (χ0v) is 11.5. The largest absolute Gasteiger partial charge is 0.395 e. The summed E-state index contributed by atoms with van der Waals surface area (Å²) in [6.45, 7) is 0.897. The summed E-state index contributed by atoms with van der Waals surface area (Å²) < 4.78 is 0. The maximum Gasteiger partial charge on any atom is 0.0681 e. The first-order chi connectivity index (χ1) is 9.81. The molecule has 0 heterocycles. The van der Waals surface area contributed by atoms with E-state index in [4.69, 9.17) is 5.11 Å². The van der Waals surface area contributed by atoms with E-state index in [2.05, 4.69) is 17.4 Å². The zero-order chi connectivity index (χ0) is 14.2. The molecule has 3 nitrogen and oxygen atoms in total. The highest BCUT2D eigenvalue weighted by Crippen LogP contribution is 2.06. The van der Waals surface area contributed by atoms with Crippen molar-refractivity contribution in [2.45, 2.75) is 25.6 Å². The van der Waals surface area contributed by atoms with Gasteiger partial charge >= 0.3 is 0 Å². The van der Waals surface area contributed by atoms with Gasteiger partial charge in [-0.25, -0.2) is 0 Å². The van der Waals surface area contributed by atoms with Crippen molar-refractivity contribution in [2.75, 3.05) is 6.61 Å². The summed E-state index contributed by atoms with van der Waals surface area (Å²) >= 11 is 0. The first-order valence-electron chi connectivity index (χ1n) is 6.88. The Hall–Kier alpha value is -1.68. The third-order valence-corrected chi connectivity index (χ3v) is 3.35. The van der Waals surface area contributed by atoms with E-state index in [-0.39, 0.29) is 19.3 Å². The molecule has 2 rings (SSSR count). The lowest BCUT2D eigenvalue weighted by Crippen LogP contribution is -2.34. The fourth-order valence-electron chi connectivity index (χ4n) is 2.12. The first kappa shape index (κ1) is 14.7. The maximum absolute atomic E-state index is 9.45. The van der Waals surface area contributed by atoms with Crippen LogP contribution in [0.25, 0.3) is 0 Å². The van der Waals surface area contributed by atoms with Crippen molar-refractivity contribution in [2.24, 2.45) is 0 Å². The standard InChI is InChI=1S/C17H21NO2/c19-12-16-8-6-15(7-9-16)11-18-17(13-20)10-14-4-2-1-3-5-14/h1-9,17-20H,10-13H2. The molecule has 3 heteroatoms. The molecule has 20 heavy (non-hydrogen) atoms. The summed E-state index contributed by atoms with van der Waals surface area (Å²) in [5.74, 6) is 0. The second kappa shape index (κ2) is 7.80. The molecule has 0 aliphatic carbocycles. The van der Waals surface area contributed by atoms with Gasteiger partial charge in [0, 0.05) is 12.6 Å². The Kier molecular flexibility index (Phi) is 5.74. The van der Waals surface area contributed by atoms with Crippen LogP contribution in [0.3, 0.4) is 0 Å². The molecular formula is C17H21NO2. The molecule has 0 saturated carbocycles. The van der Waals surface area contributed by atoms with Crippen molar-refractivity contribution in [3.63, 3.8) is 0 Å². The molecule has 1 unspecified atom stereocenters. The molecule has 0 amide bonds. The van der Waals surface area contributed by atoms with Gasteiger partial charge in [-0.3, -0.25) is 0 Å². The van der Waals surface area contributed by atoms with Crippen LogP contribution in [0, 0.1) is 0 Å². The van der Waals surface area contributed by atoms with Gasteiger partial charge in [-0.05, 0) is 23.1 Å². The molecule has 0 aliphatic heterocycles. The van der Waals surface area contributed by atoms with E-state index in [0.29, 0.717) is 6.54 Å². The molecule has 0 aromatic heterocycles. The molecule has 0 fully saturated rings. The predicted octanol–water partition coefficient (Wildman–Crippen LogP) is 1.87. The average Bonchev–Trinajstić information content (AvgIpc) is 2.53. The number of rotatable bonds is 7. The van der Waals surface area contributed by atoms with Gasteiger partial charge in [-0.15, -0.1) is 0 Å². The van der Waals surface area contributed by atoms with Crippen LogP contribution in [0.1, 0.15) is 16.7 Å². The summed E-state index contributed by atoms with van der Waals surface area (Å²) in [6.07, 6.45) is 0.812. The van der Waals surface area contributed by atoms with Gasteiger partial charge < -0.3 is 15.5 Å². The predicted molar refractivity (Wildman–Crippen MR) is 80.2 cm³/mol. The fraction of sp³-hybridized carbons (Fsp3) is 0.294. The van der Waals surface area contributed by atoms with Gasteiger partial charge in [0.2, 0.25) is 0 Å². The van der Waals surface area contributed by atoms with Crippen LogP contribution in [0.4, 0.5) is 0 Å². The number of hydrogen-bond donors (Lipinski definition) is 3. The monoisotopic (exact) mass is 271 g/mol. The lowest BCUT2D eigenvalue weighted by atomic mass is 10.1. The number of aliphatic hydroxyl groups is 2. The normalized spacial score (nSPS) is 12.3. The number of benzene rings is 2. The lowest BCUT2D eigenvalue weighted by molar-refractivity contribution is 0.241. The van der Waals surface area contributed by atoms with Gasteiger partial charge in [0.25, 0.3) is 0 Å². The second-order valence-electron chi connectivity index (χ2n) is 4.92. The molecule has 0 spiro atoms. The molecule has 1 atom stereocenters. The van der Waals surface area contributed by atoms with Crippen LogP contribution in [0.15, 0.2) is 54.6 Å². The van der Waals surface area contributed by atoms with E-state index in [1.807, 2.05) is 42.5 Å². The molecule has 2 aromatic rings. The highest BCUT2D eigenvalue weighted by molar-refractivity contribution is 5.22. The zero-order valence-electron chi connectivity index (χ0n) is 11.5. The van der Waals surface area contributed by atoms with Crippen molar-refractivity contribution >= 4 is 0 Å². The minimum atomic E-state index is 0.0509. The summed E-state index contributed by atoms with van der Waals surface area (Å²) in [6, 6.07) is 18.0. The van der Waals surface area contributed by atoms with Gasteiger partial charge in [-0.1, -0.05) is 54.6 Å². The Morgan fingerprint density at radius 2 is 1.45 bits per heavy atom. The van der Waals surface area contributed by atoms with Crippen LogP contribution in [0.5, 0.6) is 0 Å². The molecule has 2 aromatic carbocycles. The number of hydrogen-bond acceptors (Lipinski definition) is 3. The van der Waals surface area contributed by atoms with Crippen molar-refractivity contribution < 1.29 is 10.2 Å². The highest BCUT2D eigenvalue weighted by Gasteiger charge is 2.07. The average molecular weight is 271 g/mol. The first-order valence-corrected chi connectivity index (χ1v) is 6.88. The van der Waals surface area contributed by atoms with Crippen molar-refractivity contribution in [3.05, 3.63) is 71.3 Å². The van der Waals surface area contributed by atoms with Gasteiger partial charge in [0.05, 0.1) is 13.2 Å². The summed E-state index contributed by atoms with van der Waals surface area (Å²) in [4.78, 5) is 0. The second-order valence-corrected chi connectivity index (χ2v) is 4.92. The number of aliphatic hydroxyl groups excluding tert-OH is 2. The summed E-state index contributed by atoms with van der Waals surface area (Å²) in [5, 5.41) is 21.8. The van der Waals surface area contributed by atoms with Crippen LogP contribution in [-0.4, -0.2) is 22.9 Å². The third kappa shape index (κ3) is 4.46. The molecular weight excluding hydrogens is 250 g/mol. The molecule has 106 valence electrons. The van der Waals surface area contributed by atoms with E-state index >= 15 is 0 Å². The van der Waals surface area contributed by atoms with E-state index in [0.717, 1.165) is 17.5 Å². The minimum Gasteiger partial charge on any atom is -0.395 e. The van der Waals surface area contributed by atoms with Crippen LogP contribution >= 0.6 is 0 Å². The Morgan fingerprint density at radius 3 is 2.05 bits per heavy atom. The topological polar surface area (TPSA) is 52.5 Å². The number of nitrogens with one attached hydrogen (secondary N) is 1. The molecule has 0 bridgehead atoms. The highest BCUT2D eigenvalue weighted by atomic mass is 16.3. The van der Waals surface area contributed by atoms with E-state index in [1.165, 1.54) is 5.56 Å². The van der Waals surface area contributed by atoms with Crippen molar-refractivity contribution in [1.29, 1.82) is 0 Å². The van der Waals surface area contributed by atoms with E-state index in [9.17, 15) is 5.11 Å². The summed E-state index contributed by atoms with van der Waals surface area (Å²) in [5.41, 5.74) is 3.28. The Balaban J connectivity index is 1.86. The Labute approximate surface area is 119 Å². The smallest absolute Gasteiger partial charge is 0.0681 e. The quantitative estimate of drug-likeness (QED) is 0.720. The molecule has 0 saturated heterocycles. The van der Waals surface area contributed by atoms with Crippen molar-refractivity contribution in [3.8, 4) is 0 Å².